The molecule has 2 aliphatic heterocycles. The lowest BCUT2D eigenvalue weighted by molar-refractivity contribution is -0.120. The van der Waals surface area contributed by atoms with E-state index in [1.165, 1.54) is 10.9 Å². The molecule has 2 aliphatic rings. The second-order valence-corrected chi connectivity index (χ2v) is 7.88. The molecule has 2 aromatic rings. The second-order valence-electron chi connectivity index (χ2n) is 7.88. The van der Waals surface area contributed by atoms with Crippen LogP contribution in [0.5, 0.6) is 5.75 Å². The Hall–Kier alpha value is -2.72. The van der Waals surface area contributed by atoms with Crippen molar-refractivity contribution in [3.8, 4) is 5.75 Å². The zero-order valence-electron chi connectivity index (χ0n) is 16.3. The van der Waals surface area contributed by atoms with Crippen molar-refractivity contribution in [2.24, 2.45) is 5.73 Å². The third kappa shape index (κ3) is 4.18. The summed E-state index contributed by atoms with van der Waals surface area (Å²) in [4.78, 5) is 26.6. The lowest BCUT2D eigenvalue weighted by atomic mass is 9.64. The molecule has 1 fully saturated rings. The maximum atomic E-state index is 12.5. The minimum atomic E-state index is -1.03. The number of rotatable bonds is 5. The van der Waals surface area contributed by atoms with Crippen LogP contribution >= 0.6 is 0 Å². The smallest absolute Gasteiger partial charge is 0.526 e. The fourth-order valence-electron chi connectivity index (χ4n) is 3.96. The molecule has 1 aromatic heterocycles. The van der Waals surface area contributed by atoms with Gasteiger partial charge in [-0.15, -0.1) is 5.10 Å². The van der Waals surface area contributed by atoms with Crippen molar-refractivity contribution in [3.63, 3.8) is 0 Å². The highest BCUT2D eigenvalue weighted by Gasteiger charge is 2.36. The van der Waals surface area contributed by atoms with Gasteiger partial charge < -0.3 is 20.3 Å². The molecule has 0 spiro atoms. The zero-order chi connectivity index (χ0) is 20.5. The highest BCUT2D eigenvalue weighted by atomic mass is 16.5. The number of nitrogens with zero attached hydrogens (tertiary/aromatic N) is 4. The first-order valence-corrected chi connectivity index (χ1v) is 9.80. The zero-order valence-corrected chi connectivity index (χ0v) is 16.3. The Morgan fingerprint density at radius 2 is 2.24 bits per heavy atom. The van der Waals surface area contributed by atoms with Crippen LogP contribution < -0.4 is 10.4 Å². The number of nitrogens with two attached hydrogens (primary N) is 1. The standard InChI is InChI=1S/C19H24BN5O4/c1-12-3-2-4-13-7-14(20(28)29-18(12)13)8-16(26)10-25-11-17(22-23-25)19(27)24-6-5-15(21)9-24/h2-4,11,14-15,28H,5-10,21H2,1H3/t14-,15+/m1/s1. The largest absolute Gasteiger partial charge is 0.536 e. The van der Waals surface area contributed by atoms with Crippen LogP contribution in [0, 0.1) is 6.92 Å². The Morgan fingerprint density at radius 3 is 3.00 bits per heavy atom. The number of Topliss-reactive ketones (excluding diaryl/α,β-unsaturated/α-hetero) is 1. The number of benzene rings is 1. The summed E-state index contributed by atoms with van der Waals surface area (Å²) >= 11 is 0. The number of hydrogen-bond donors (Lipinski definition) is 2. The van der Waals surface area contributed by atoms with E-state index in [1.54, 1.807) is 4.90 Å². The van der Waals surface area contributed by atoms with Crippen LogP contribution in [-0.2, 0) is 17.8 Å². The lowest BCUT2D eigenvalue weighted by Gasteiger charge is -2.28. The topological polar surface area (TPSA) is 124 Å². The first kappa shape index (κ1) is 19.6. The van der Waals surface area contributed by atoms with E-state index < -0.39 is 7.12 Å². The van der Waals surface area contributed by atoms with Crippen molar-refractivity contribution in [1.82, 2.24) is 19.9 Å². The summed E-state index contributed by atoms with van der Waals surface area (Å²) in [6, 6.07) is 5.81. The van der Waals surface area contributed by atoms with E-state index in [2.05, 4.69) is 10.3 Å². The number of aryl methyl sites for hydroxylation is 1. The number of carbonyl (C=O) groups is 2. The third-order valence-corrected chi connectivity index (χ3v) is 5.52. The fourth-order valence-corrected chi connectivity index (χ4v) is 3.96. The second kappa shape index (κ2) is 7.96. The molecule has 0 saturated carbocycles. The van der Waals surface area contributed by atoms with Gasteiger partial charge in [0.2, 0.25) is 0 Å². The fraction of sp³-hybridized carbons (Fsp3) is 0.474. The van der Waals surface area contributed by atoms with Crippen LogP contribution in [0.15, 0.2) is 24.4 Å². The normalized spacial score (nSPS) is 21.1. The van der Waals surface area contributed by atoms with Gasteiger partial charge in [-0.1, -0.05) is 23.4 Å². The van der Waals surface area contributed by atoms with Crippen molar-refractivity contribution in [1.29, 1.82) is 0 Å². The van der Waals surface area contributed by atoms with E-state index in [1.807, 2.05) is 25.1 Å². The highest BCUT2D eigenvalue weighted by Crippen LogP contribution is 2.35. The number of hydrogen-bond acceptors (Lipinski definition) is 7. The Kier molecular flexibility index (Phi) is 5.38. The molecule has 0 aliphatic carbocycles. The van der Waals surface area contributed by atoms with Crippen LogP contribution in [0.3, 0.4) is 0 Å². The highest BCUT2D eigenvalue weighted by molar-refractivity contribution is 6.46. The summed E-state index contributed by atoms with van der Waals surface area (Å²) in [7, 11) is -1.03. The first-order valence-electron chi connectivity index (χ1n) is 9.80. The van der Waals surface area contributed by atoms with Crippen LogP contribution in [-0.4, -0.2) is 62.9 Å². The SMILES string of the molecule is Cc1cccc2c1OB(O)[C@@H](CC(=O)Cn1cc(C(=O)N3CC[C@H](N)C3)nn1)C2. The van der Waals surface area contributed by atoms with Crippen LogP contribution in [0.2, 0.25) is 5.82 Å². The van der Waals surface area contributed by atoms with Crippen LogP contribution in [0.25, 0.3) is 0 Å². The Balaban J connectivity index is 1.36. The monoisotopic (exact) mass is 397 g/mol. The molecule has 0 bridgehead atoms. The van der Waals surface area contributed by atoms with Crippen molar-refractivity contribution < 1.29 is 19.3 Å². The van der Waals surface area contributed by atoms with E-state index in [0.717, 1.165) is 17.5 Å². The van der Waals surface area contributed by atoms with Gasteiger partial charge in [-0.2, -0.15) is 0 Å². The van der Waals surface area contributed by atoms with E-state index in [-0.39, 0.29) is 42.2 Å². The number of para-hydroxylation sites is 1. The van der Waals surface area contributed by atoms with Gasteiger partial charge in [0.1, 0.15) is 12.3 Å². The molecule has 10 heteroatoms. The van der Waals surface area contributed by atoms with E-state index in [0.29, 0.717) is 25.3 Å². The maximum Gasteiger partial charge on any atom is 0.526 e. The van der Waals surface area contributed by atoms with Gasteiger partial charge in [-0.05, 0) is 30.9 Å². The Labute approximate surface area is 169 Å². The minimum absolute atomic E-state index is 0.00590. The van der Waals surface area contributed by atoms with Gasteiger partial charge >= 0.3 is 7.12 Å². The summed E-state index contributed by atoms with van der Waals surface area (Å²) < 4.78 is 7.00. The summed E-state index contributed by atoms with van der Waals surface area (Å²) in [6.45, 7) is 3.03. The molecule has 1 saturated heterocycles. The van der Waals surface area contributed by atoms with Gasteiger partial charge in [0.05, 0.1) is 6.20 Å². The molecule has 152 valence electrons. The third-order valence-electron chi connectivity index (χ3n) is 5.52. The lowest BCUT2D eigenvalue weighted by Crippen LogP contribution is -2.35. The summed E-state index contributed by atoms with van der Waals surface area (Å²) in [5.74, 6) is 0.0397. The summed E-state index contributed by atoms with van der Waals surface area (Å²) in [6.07, 6.45) is 2.97. The Morgan fingerprint density at radius 1 is 1.41 bits per heavy atom. The molecular formula is C19H24BN5O4. The summed E-state index contributed by atoms with van der Waals surface area (Å²) in [5, 5.41) is 18.1. The van der Waals surface area contributed by atoms with Gasteiger partial charge in [-0.25, -0.2) is 4.68 Å². The number of amides is 1. The van der Waals surface area contributed by atoms with Crippen molar-refractivity contribution in [2.75, 3.05) is 13.1 Å². The Bertz CT molecular complexity index is 933. The molecule has 29 heavy (non-hydrogen) atoms. The molecule has 3 heterocycles. The van der Waals surface area contributed by atoms with Crippen molar-refractivity contribution >= 4 is 18.8 Å². The average molecular weight is 397 g/mol. The number of likely N-dealkylation sites (tertiary alicyclic amines) is 1. The molecule has 0 radical (unpaired) electrons. The van der Waals surface area contributed by atoms with Gasteiger partial charge in [0.15, 0.2) is 11.5 Å². The van der Waals surface area contributed by atoms with E-state index in [9.17, 15) is 14.6 Å². The molecule has 1 amide bonds. The van der Waals surface area contributed by atoms with Crippen LogP contribution in [0.1, 0.15) is 34.5 Å². The van der Waals surface area contributed by atoms with Gasteiger partial charge in [0, 0.05) is 31.4 Å². The molecule has 9 nitrogen and oxygen atoms in total. The quantitative estimate of drug-likeness (QED) is 0.691. The van der Waals surface area contributed by atoms with Crippen LogP contribution in [0.4, 0.5) is 0 Å². The summed E-state index contributed by atoms with van der Waals surface area (Å²) in [5.41, 5.74) is 8.00. The number of ketones is 1. The molecule has 2 atom stereocenters. The first-order chi connectivity index (χ1) is 13.9. The van der Waals surface area contributed by atoms with Gasteiger partial charge in [0.25, 0.3) is 5.91 Å². The van der Waals surface area contributed by atoms with E-state index >= 15 is 0 Å². The molecular weight excluding hydrogens is 373 g/mol. The average Bonchev–Trinajstić information content (AvgIpc) is 3.32. The molecule has 0 unspecified atom stereocenters. The van der Waals surface area contributed by atoms with Gasteiger partial charge in [-0.3, -0.25) is 9.59 Å². The van der Waals surface area contributed by atoms with Crippen molar-refractivity contribution in [2.45, 2.75) is 44.6 Å². The molecule has 3 N–H and O–H groups in total. The van der Waals surface area contributed by atoms with Crippen molar-refractivity contribution in [3.05, 3.63) is 41.2 Å². The predicted octanol–water partition coefficient (Wildman–Crippen LogP) is 0.205. The molecule has 4 rings (SSSR count). The predicted molar refractivity (Wildman–Crippen MR) is 105 cm³/mol. The number of aromatic nitrogens is 3. The van der Waals surface area contributed by atoms with E-state index in [4.69, 9.17) is 10.4 Å². The number of fused-ring (bicyclic) bond motifs is 1. The maximum absolute atomic E-state index is 12.5. The minimum Gasteiger partial charge on any atom is -0.536 e. The number of carbonyl (C=O) groups excluding carboxylic acids is 2. The molecule has 1 aromatic carbocycles.